The lowest BCUT2D eigenvalue weighted by Crippen LogP contribution is -2.51. The van der Waals surface area contributed by atoms with E-state index in [0.29, 0.717) is 6.54 Å². The molecule has 0 aromatic rings. The molecule has 0 amide bonds. The Hall–Kier alpha value is -0.810. The van der Waals surface area contributed by atoms with Crippen LogP contribution in [0.3, 0.4) is 0 Å². The van der Waals surface area contributed by atoms with E-state index < -0.39 is 0 Å². The summed E-state index contributed by atoms with van der Waals surface area (Å²) in [4.78, 5) is 4.30. The summed E-state index contributed by atoms with van der Waals surface area (Å²) in [5, 5.41) is 6.78. The van der Waals surface area contributed by atoms with Gasteiger partial charge in [-0.05, 0) is 33.1 Å². The predicted octanol–water partition coefficient (Wildman–Crippen LogP) is 2.71. The molecule has 0 radical (unpaired) electrons. The largest absolute Gasteiger partial charge is 0.377 e. The summed E-state index contributed by atoms with van der Waals surface area (Å²) in [6, 6.07) is 0. The molecule has 0 aromatic heterocycles. The molecule has 5 nitrogen and oxygen atoms in total. The Morgan fingerprint density at radius 2 is 1.86 bits per heavy atom. The molecular weight excluding hydrogens is 278 g/mol. The monoisotopic (exact) mass is 313 g/mol. The lowest BCUT2D eigenvalue weighted by atomic mass is 9.84. The standard InChI is InChI=1S/C17H35N3O2/c1-6-12-22-17(10-8-7-9-11-17)14-20-15(18-4)19-13-16(2,3)21-5/h6-14H2,1-5H3,(H2,18,19,20). The van der Waals surface area contributed by atoms with Crippen LogP contribution in [0.4, 0.5) is 0 Å². The summed E-state index contributed by atoms with van der Waals surface area (Å²) >= 11 is 0. The van der Waals surface area contributed by atoms with E-state index in [4.69, 9.17) is 9.47 Å². The molecule has 130 valence electrons. The maximum atomic E-state index is 6.21. The van der Waals surface area contributed by atoms with Gasteiger partial charge >= 0.3 is 0 Å². The number of methoxy groups -OCH3 is 1. The summed E-state index contributed by atoms with van der Waals surface area (Å²) in [5.74, 6) is 0.815. The predicted molar refractivity (Wildman–Crippen MR) is 92.5 cm³/mol. The Kier molecular flexibility index (Phi) is 8.18. The first-order chi connectivity index (χ1) is 10.5. The zero-order valence-corrected chi connectivity index (χ0v) is 15.1. The van der Waals surface area contributed by atoms with E-state index in [1.54, 1.807) is 14.2 Å². The second kappa shape index (κ2) is 9.36. The Labute approximate surface area is 136 Å². The van der Waals surface area contributed by atoms with Crippen LogP contribution in [0.5, 0.6) is 0 Å². The van der Waals surface area contributed by atoms with Gasteiger partial charge in [-0.3, -0.25) is 4.99 Å². The summed E-state index contributed by atoms with van der Waals surface area (Å²) < 4.78 is 11.6. The van der Waals surface area contributed by atoms with Crippen LogP contribution >= 0.6 is 0 Å². The van der Waals surface area contributed by atoms with Gasteiger partial charge in [-0.25, -0.2) is 0 Å². The van der Waals surface area contributed by atoms with Crippen molar-refractivity contribution in [3.05, 3.63) is 0 Å². The molecule has 0 atom stereocenters. The quantitative estimate of drug-likeness (QED) is 0.534. The minimum absolute atomic E-state index is 0.0251. The van der Waals surface area contributed by atoms with Crippen molar-refractivity contribution in [3.8, 4) is 0 Å². The summed E-state index contributed by atoms with van der Waals surface area (Å²) in [7, 11) is 3.53. The molecule has 0 heterocycles. The molecule has 0 unspecified atom stereocenters. The molecule has 0 aromatic carbocycles. The highest BCUT2D eigenvalue weighted by Gasteiger charge is 2.33. The van der Waals surface area contributed by atoms with Gasteiger partial charge in [0.1, 0.15) is 0 Å². The van der Waals surface area contributed by atoms with Gasteiger partial charge in [0.15, 0.2) is 5.96 Å². The molecular formula is C17H35N3O2. The molecule has 0 saturated heterocycles. The molecule has 1 fully saturated rings. The summed E-state index contributed by atoms with van der Waals surface area (Å²) in [5.41, 5.74) is -0.235. The second-order valence-electron chi connectivity index (χ2n) is 6.84. The van der Waals surface area contributed by atoms with Crippen LogP contribution in [0.2, 0.25) is 0 Å². The molecule has 2 N–H and O–H groups in total. The van der Waals surface area contributed by atoms with Gasteiger partial charge < -0.3 is 20.1 Å². The molecule has 1 rings (SSSR count). The number of rotatable bonds is 8. The van der Waals surface area contributed by atoms with Crippen molar-refractivity contribution >= 4 is 5.96 Å². The number of nitrogens with one attached hydrogen (secondary N) is 2. The smallest absolute Gasteiger partial charge is 0.191 e. The lowest BCUT2D eigenvalue weighted by Gasteiger charge is -2.38. The fourth-order valence-electron chi connectivity index (χ4n) is 2.72. The number of ether oxygens (including phenoxy) is 2. The molecule has 0 bridgehead atoms. The van der Waals surface area contributed by atoms with Gasteiger partial charge in [0, 0.05) is 33.9 Å². The zero-order valence-electron chi connectivity index (χ0n) is 15.1. The van der Waals surface area contributed by atoms with Crippen molar-refractivity contribution in [3.63, 3.8) is 0 Å². The van der Waals surface area contributed by atoms with Crippen molar-refractivity contribution in [2.45, 2.75) is 70.5 Å². The second-order valence-corrected chi connectivity index (χ2v) is 6.84. The van der Waals surface area contributed by atoms with Gasteiger partial charge in [-0.1, -0.05) is 26.2 Å². The van der Waals surface area contributed by atoms with Crippen LogP contribution in [-0.2, 0) is 9.47 Å². The third kappa shape index (κ3) is 6.53. The number of hydrogen-bond donors (Lipinski definition) is 2. The Balaban J connectivity index is 2.51. The van der Waals surface area contributed by atoms with Gasteiger partial charge in [0.25, 0.3) is 0 Å². The third-order valence-electron chi connectivity index (χ3n) is 4.41. The van der Waals surface area contributed by atoms with Gasteiger partial charge in [-0.15, -0.1) is 0 Å². The molecule has 5 heteroatoms. The third-order valence-corrected chi connectivity index (χ3v) is 4.41. The molecule has 1 saturated carbocycles. The first kappa shape index (κ1) is 19.2. The van der Waals surface area contributed by atoms with Crippen molar-refractivity contribution in [1.29, 1.82) is 0 Å². The van der Waals surface area contributed by atoms with Crippen LogP contribution in [0.1, 0.15) is 59.3 Å². The van der Waals surface area contributed by atoms with Gasteiger partial charge in [0.05, 0.1) is 11.2 Å². The van der Waals surface area contributed by atoms with Crippen LogP contribution in [0.15, 0.2) is 4.99 Å². The van der Waals surface area contributed by atoms with Gasteiger partial charge in [-0.2, -0.15) is 0 Å². The maximum absolute atomic E-state index is 6.21. The number of aliphatic imine (C=N–C) groups is 1. The van der Waals surface area contributed by atoms with E-state index in [1.807, 2.05) is 0 Å². The van der Waals surface area contributed by atoms with Crippen LogP contribution in [0.25, 0.3) is 0 Å². The molecule has 22 heavy (non-hydrogen) atoms. The minimum atomic E-state index is -0.209. The van der Waals surface area contributed by atoms with E-state index in [2.05, 4.69) is 36.4 Å². The van der Waals surface area contributed by atoms with Gasteiger partial charge in [0.2, 0.25) is 0 Å². The Morgan fingerprint density at radius 1 is 1.18 bits per heavy atom. The van der Waals surface area contributed by atoms with E-state index in [-0.39, 0.29) is 11.2 Å². The van der Waals surface area contributed by atoms with Crippen molar-refractivity contribution in [1.82, 2.24) is 10.6 Å². The normalized spacial score (nSPS) is 19.0. The SMILES string of the molecule is CCCOC1(CNC(=NC)NCC(C)(C)OC)CCCCC1. The summed E-state index contributed by atoms with van der Waals surface area (Å²) in [6.45, 7) is 8.65. The molecule has 0 aliphatic heterocycles. The fourth-order valence-corrected chi connectivity index (χ4v) is 2.72. The molecule has 0 spiro atoms. The van der Waals surface area contributed by atoms with Crippen LogP contribution in [-0.4, -0.2) is 51.0 Å². The lowest BCUT2D eigenvalue weighted by molar-refractivity contribution is -0.0657. The molecule has 1 aliphatic rings. The average molecular weight is 313 g/mol. The van der Waals surface area contributed by atoms with Crippen molar-refractivity contribution < 1.29 is 9.47 Å². The highest BCUT2D eigenvalue weighted by molar-refractivity contribution is 5.79. The van der Waals surface area contributed by atoms with E-state index >= 15 is 0 Å². The van der Waals surface area contributed by atoms with E-state index in [0.717, 1.165) is 38.4 Å². The first-order valence-electron chi connectivity index (χ1n) is 8.60. The zero-order chi connectivity index (χ0) is 16.5. The van der Waals surface area contributed by atoms with Crippen LogP contribution < -0.4 is 10.6 Å². The topological polar surface area (TPSA) is 54.9 Å². The number of nitrogens with zero attached hydrogens (tertiary/aromatic N) is 1. The fraction of sp³-hybridized carbons (Fsp3) is 0.941. The molecule has 1 aliphatic carbocycles. The first-order valence-corrected chi connectivity index (χ1v) is 8.60. The van der Waals surface area contributed by atoms with Crippen molar-refractivity contribution in [2.24, 2.45) is 4.99 Å². The highest BCUT2D eigenvalue weighted by atomic mass is 16.5. The highest BCUT2D eigenvalue weighted by Crippen LogP contribution is 2.31. The minimum Gasteiger partial charge on any atom is -0.377 e. The average Bonchev–Trinajstić information content (AvgIpc) is 2.54. The Morgan fingerprint density at radius 3 is 2.41 bits per heavy atom. The Bertz CT molecular complexity index is 337. The number of hydrogen-bond acceptors (Lipinski definition) is 3. The van der Waals surface area contributed by atoms with E-state index in [9.17, 15) is 0 Å². The summed E-state index contributed by atoms with van der Waals surface area (Å²) in [6.07, 6.45) is 7.19. The maximum Gasteiger partial charge on any atom is 0.191 e. The van der Waals surface area contributed by atoms with Crippen LogP contribution in [0, 0.1) is 0 Å². The number of guanidine groups is 1. The van der Waals surface area contributed by atoms with E-state index in [1.165, 1.54) is 19.3 Å². The van der Waals surface area contributed by atoms with Crippen molar-refractivity contribution in [2.75, 3.05) is 33.9 Å².